The third-order valence-electron chi connectivity index (χ3n) is 1.72. The van der Waals surface area contributed by atoms with E-state index in [4.69, 9.17) is 16.3 Å². The van der Waals surface area contributed by atoms with Gasteiger partial charge in [-0.2, -0.15) is 0 Å². The topological polar surface area (TPSA) is 41.5 Å². The average molecular weight is 202 g/mol. The van der Waals surface area contributed by atoms with Gasteiger partial charge in [-0.05, 0) is 18.7 Å². The summed E-state index contributed by atoms with van der Waals surface area (Å²) in [6.07, 6.45) is 0. The molecule has 0 bridgehead atoms. The monoisotopic (exact) mass is 201 g/mol. The second-order valence-electron chi connectivity index (χ2n) is 2.65. The number of nitrogens with one attached hydrogen (secondary N) is 1. The minimum absolute atomic E-state index is 0.0624. The van der Waals surface area contributed by atoms with Crippen LogP contribution in [-0.2, 0) is 6.54 Å². The summed E-state index contributed by atoms with van der Waals surface area (Å²) in [5.41, 5.74) is 0.902. The normalized spacial score (nSPS) is 10.1. The highest BCUT2D eigenvalue weighted by Crippen LogP contribution is 2.31. The summed E-state index contributed by atoms with van der Waals surface area (Å²) < 4.78 is 4.95. The maximum absolute atomic E-state index is 9.35. The fourth-order valence-electron chi connectivity index (χ4n) is 1.07. The zero-order valence-electron chi connectivity index (χ0n) is 7.60. The average Bonchev–Trinajstić information content (AvgIpc) is 2.10. The zero-order chi connectivity index (χ0) is 9.84. The Kier molecular flexibility index (Phi) is 3.39. The highest BCUT2D eigenvalue weighted by atomic mass is 35.5. The SMILES string of the molecule is CNCc1cc(OC)c(O)cc1Cl. The summed E-state index contributed by atoms with van der Waals surface area (Å²) in [7, 11) is 3.34. The number of hydrogen-bond acceptors (Lipinski definition) is 3. The molecular weight excluding hydrogens is 190 g/mol. The summed E-state index contributed by atoms with van der Waals surface area (Å²) in [4.78, 5) is 0. The van der Waals surface area contributed by atoms with Crippen LogP contribution in [0.25, 0.3) is 0 Å². The van der Waals surface area contributed by atoms with E-state index in [1.54, 1.807) is 6.07 Å². The van der Waals surface area contributed by atoms with E-state index in [1.165, 1.54) is 13.2 Å². The second kappa shape index (κ2) is 4.35. The molecule has 1 rings (SSSR count). The Morgan fingerprint density at radius 1 is 1.54 bits per heavy atom. The number of ether oxygens (including phenoxy) is 1. The third-order valence-corrected chi connectivity index (χ3v) is 2.07. The van der Waals surface area contributed by atoms with Crippen molar-refractivity contribution in [3.8, 4) is 11.5 Å². The van der Waals surface area contributed by atoms with Gasteiger partial charge in [-0.25, -0.2) is 0 Å². The van der Waals surface area contributed by atoms with Gasteiger partial charge >= 0.3 is 0 Å². The first-order valence-corrected chi connectivity index (χ1v) is 4.26. The zero-order valence-corrected chi connectivity index (χ0v) is 8.35. The lowest BCUT2D eigenvalue weighted by molar-refractivity contribution is 0.373. The van der Waals surface area contributed by atoms with Gasteiger partial charge < -0.3 is 15.2 Å². The van der Waals surface area contributed by atoms with E-state index < -0.39 is 0 Å². The molecule has 0 saturated heterocycles. The van der Waals surface area contributed by atoms with Crippen LogP contribution in [0, 0.1) is 0 Å². The van der Waals surface area contributed by atoms with Gasteiger partial charge in [-0.3, -0.25) is 0 Å². The fraction of sp³-hybridized carbons (Fsp3) is 0.333. The Morgan fingerprint density at radius 2 is 2.23 bits per heavy atom. The van der Waals surface area contributed by atoms with E-state index in [2.05, 4.69) is 5.32 Å². The number of methoxy groups -OCH3 is 1. The van der Waals surface area contributed by atoms with Crippen LogP contribution in [0.1, 0.15) is 5.56 Å². The van der Waals surface area contributed by atoms with Crippen molar-refractivity contribution in [1.29, 1.82) is 0 Å². The molecule has 0 spiro atoms. The summed E-state index contributed by atoms with van der Waals surface area (Å²) in [6.45, 7) is 0.648. The number of benzene rings is 1. The van der Waals surface area contributed by atoms with E-state index in [1.807, 2.05) is 7.05 Å². The van der Waals surface area contributed by atoms with Crippen LogP contribution < -0.4 is 10.1 Å². The molecule has 0 radical (unpaired) electrons. The molecule has 0 amide bonds. The molecule has 0 aliphatic carbocycles. The van der Waals surface area contributed by atoms with Crippen molar-refractivity contribution >= 4 is 11.6 Å². The number of rotatable bonds is 3. The van der Waals surface area contributed by atoms with Gasteiger partial charge in [0.1, 0.15) is 0 Å². The van der Waals surface area contributed by atoms with Crippen molar-refractivity contribution in [3.63, 3.8) is 0 Å². The molecule has 3 nitrogen and oxygen atoms in total. The molecule has 1 aromatic carbocycles. The maximum Gasteiger partial charge on any atom is 0.160 e. The van der Waals surface area contributed by atoms with Crippen molar-refractivity contribution in [2.75, 3.05) is 14.2 Å². The minimum atomic E-state index is 0.0624. The molecule has 0 atom stereocenters. The lowest BCUT2D eigenvalue weighted by Gasteiger charge is -2.08. The first kappa shape index (κ1) is 10.2. The third kappa shape index (κ3) is 2.26. The highest BCUT2D eigenvalue weighted by Gasteiger charge is 2.06. The predicted molar refractivity (Wildman–Crippen MR) is 52.4 cm³/mol. The molecule has 0 saturated carbocycles. The van der Waals surface area contributed by atoms with Crippen molar-refractivity contribution in [2.24, 2.45) is 0 Å². The van der Waals surface area contributed by atoms with Crippen LogP contribution in [0.4, 0.5) is 0 Å². The van der Waals surface area contributed by atoms with Crippen LogP contribution in [-0.4, -0.2) is 19.3 Å². The van der Waals surface area contributed by atoms with Gasteiger partial charge in [0, 0.05) is 17.6 Å². The van der Waals surface area contributed by atoms with E-state index in [-0.39, 0.29) is 5.75 Å². The van der Waals surface area contributed by atoms with Crippen LogP contribution >= 0.6 is 11.6 Å². The quantitative estimate of drug-likeness (QED) is 0.784. The Hall–Kier alpha value is -0.930. The number of phenols is 1. The Bertz CT molecular complexity index is 302. The Morgan fingerprint density at radius 3 is 2.77 bits per heavy atom. The van der Waals surface area contributed by atoms with Crippen molar-refractivity contribution in [1.82, 2.24) is 5.32 Å². The Balaban J connectivity index is 3.06. The second-order valence-corrected chi connectivity index (χ2v) is 3.05. The van der Waals surface area contributed by atoms with Crippen LogP contribution in [0.5, 0.6) is 11.5 Å². The van der Waals surface area contributed by atoms with Gasteiger partial charge in [0.25, 0.3) is 0 Å². The maximum atomic E-state index is 9.35. The van der Waals surface area contributed by atoms with E-state index in [9.17, 15) is 5.11 Å². The molecule has 13 heavy (non-hydrogen) atoms. The van der Waals surface area contributed by atoms with E-state index >= 15 is 0 Å². The smallest absolute Gasteiger partial charge is 0.160 e. The Labute approximate surface area is 82.3 Å². The molecule has 1 aromatic rings. The standard InChI is InChI=1S/C9H12ClNO2/c1-11-5-6-3-9(13-2)8(12)4-7(6)10/h3-4,11-12H,5H2,1-2H3. The van der Waals surface area contributed by atoms with E-state index in [0.717, 1.165) is 5.56 Å². The molecule has 2 N–H and O–H groups in total. The van der Waals surface area contributed by atoms with Crippen LogP contribution in [0.2, 0.25) is 5.02 Å². The highest BCUT2D eigenvalue weighted by molar-refractivity contribution is 6.31. The summed E-state index contributed by atoms with van der Waals surface area (Å²) >= 11 is 5.88. The van der Waals surface area contributed by atoms with E-state index in [0.29, 0.717) is 17.3 Å². The van der Waals surface area contributed by atoms with Gasteiger partial charge in [0.2, 0.25) is 0 Å². The minimum Gasteiger partial charge on any atom is -0.504 e. The molecule has 0 unspecified atom stereocenters. The molecule has 72 valence electrons. The largest absolute Gasteiger partial charge is 0.504 e. The fourth-order valence-corrected chi connectivity index (χ4v) is 1.30. The van der Waals surface area contributed by atoms with Gasteiger partial charge in [0.15, 0.2) is 11.5 Å². The number of halogens is 1. The molecule has 0 aromatic heterocycles. The lowest BCUT2D eigenvalue weighted by atomic mass is 10.2. The van der Waals surface area contributed by atoms with Gasteiger partial charge in [-0.1, -0.05) is 11.6 Å². The number of phenolic OH excluding ortho intramolecular Hbond substituents is 1. The van der Waals surface area contributed by atoms with Crippen LogP contribution in [0.15, 0.2) is 12.1 Å². The van der Waals surface area contributed by atoms with Crippen LogP contribution in [0.3, 0.4) is 0 Å². The summed E-state index contributed by atoms with van der Waals surface area (Å²) in [5, 5.41) is 12.9. The van der Waals surface area contributed by atoms with Crippen molar-refractivity contribution < 1.29 is 9.84 Å². The first-order chi connectivity index (χ1) is 6.19. The lowest BCUT2D eigenvalue weighted by Crippen LogP contribution is -2.05. The molecule has 0 aliphatic heterocycles. The molecule has 4 heteroatoms. The number of aromatic hydroxyl groups is 1. The molecule has 0 fully saturated rings. The first-order valence-electron chi connectivity index (χ1n) is 3.89. The van der Waals surface area contributed by atoms with Gasteiger partial charge in [0.05, 0.1) is 7.11 Å². The predicted octanol–water partition coefficient (Wildman–Crippen LogP) is 1.77. The molecular formula is C9H12ClNO2. The molecule has 0 heterocycles. The molecule has 0 aliphatic rings. The van der Waals surface area contributed by atoms with Crippen molar-refractivity contribution in [2.45, 2.75) is 6.54 Å². The van der Waals surface area contributed by atoms with Gasteiger partial charge in [-0.15, -0.1) is 0 Å². The summed E-state index contributed by atoms with van der Waals surface area (Å²) in [6, 6.07) is 3.20. The summed E-state index contributed by atoms with van der Waals surface area (Å²) in [5.74, 6) is 0.502. The number of hydrogen-bond donors (Lipinski definition) is 2. The van der Waals surface area contributed by atoms with Crippen molar-refractivity contribution in [3.05, 3.63) is 22.7 Å².